The molecule has 1 atom stereocenters. The van der Waals surface area contributed by atoms with E-state index in [1.54, 1.807) is 0 Å². The van der Waals surface area contributed by atoms with Crippen LogP contribution in [0.2, 0.25) is 0 Å². The number of carbonyl (C=O) groups is 2. The molecule has 1 fully saturated rings. The Morgan fingerprint density at radius 1 is 1.22 bits per heavy atom. The maximum absolute atomic E-state index is 14.4. The highest BCUT2D eigenvalue weighted by molar-refractivity contribution is 6.21. The third-order valence-electron chi connectivity index (χ3n) is 5.76. The van der Waals surface area contributed by atoms with Gasteiger partial charge in [-0.1, -0.05) is 6.58 Å². The molecule has 0 aliphatic carbocycles. The molecule has 2 N–H and O–H groups in total. The van der Waals surface area contributed by atoms with Gasteiger partial charge in [-0.05, 0) is 43.7 Å². The molecule has 0 spiro atoms. The standard InChI is InChI=1S/C25H24F3N5O4/c1-3-21(34)33(25(35)17-5-4-8-29-17)19-11-14-18(12-20(19)37-10-9-36-2)30-13-31-24(14)32-16-7-6-15(26)22(27)23(16)28/h3,6-7,11-13,17,29H,1,4-5,8-10H2,2H3,(H,30,31,32)/t17-/m0/s1. The van der Waals surface area contributed by atoms with Crippen molar-refractivity contribution >= 4 is 39.9 Å². The minimum Gasteiger partial charge on any atom is -0.489 e. The second-order valence-electron chi connectivity index (χ2n) is 8.11. The van der Waals surface area contributed by atoms with Gasteiger partial charge in [0.15, 0.2) is 17.5 Å². The molecule has 12 heteroatoms. The number of halogens is 3. The van der Waals surface area contributed by atoms with E-state index in [2.05, 4.69) is 27.2 Å². The number of aromatic nitrogens is 2. The second-order valence-corrected chi connectivity index (χ2v) is 8.11. The zero-order valence-corrected chi connectivity index (χ0v) is 19.9. The number of amides is 2. The highest BCUT2D eigenvalue weighted by atomic mass is 19.2. The predicted octanol–water partition coefficient (Wildman–Crippen LogP) is 3.61. The number of fused-ring (bicyclic) bond motifs is 1. The van der Waals surface area contributed by atoms with E-state index in [0.29, 0.717) is 18.5 Å². The first-order valence-electron chi connectivity index (χ1n) is 11.4. The van der Waals surface area contributed by atoms with Gasteiger partial charge in [-0.25, -0.2) is 28.0 Å². The Morgan fingerprint density at radius 2 is 2.03 bits per heavy atom. The molecule has 9 nitrogen and oxygen atoms in total. The van der Waals surface area contributed by atoms with Gasteiger partial charge in [0, 0.05) is 18.6 Å². The summed E-state index contributed by atoms with van der Waals surface area (Å²) in [5, 5.41) is 5.96. The lowest BCUT2D eigenvalue weighted by molar-refractivity contribution is -0.125. The van der Waals surface area contributed by atoms with Gasteiger partial charge >= 0.3 is 0 Å². The fraction of sp³-hybridized carbons (Fsp3) is 0.280. The lowest BCUT2D eigenvalue weighted by Crippen LogP contribution is -2.46. The number of nitrogens with one attached hydrogen (secondary N) is 2. The van der Waals surface area contributed by atoms with E-state index in [1.165, 1.54) is 25.6 Å². The molecular formula is C25H24F3N5O4. The lowest BCUT2D eigenvalue weighted by Gasteiger charge is -2.25. The molecule has 1 aliphatic heterocycles. The van der Waals surface area contributed by atoms with Crippen LogP contribution in [0.25, 0.3) is 10.9 Å². The zero-order chi connectivity index (χ0) is 26.5. The fourth-order valence-electron chi connectivity index (χ4n) is 3.94. The smallest absolute Gasteiger partial charge is 0.257 e. The van der Waals surface area contributed by atoms with Crippen molar-refractivity contribution in [2.75, 3.05) is 37.1 Å². The monoisotopic (exact) mass is 515 g/mol. The highest BCUT2D eigenvalue weighted by Crippen LogP contribution is 2.37. The number of hydrogen-bond acceptors (Lipinski definition) is 8. The minimum absolute atomic E-state index is 0.0250. The number of hydrogen-bond donors (Lipinski definition) is 2. The Balaban J connectivity index is 1.86. The van der Waals surface area contributed by atoms with Gasteiger partial charge in [0.05, 0.1) is 29.5 Å². The van der Waals surface area contributed by atoms with Gasteiger partial charge in [-0.3, -0.25) is 9.59 Å². The van der Waals surface area contributed by atoms with Crippen LogP contribution in [-0.4, -0.2) is 54.7 Å². The molecule has 2 amide bonds. The summed E-state index contributed by atoms with van der Waals surface area (Å²) in [6, 6.07) is 4.13. The number of carbonyl (C=O) groups excluding carboxylic acids is 2. The minimum atomic E-state index is -1.64. The van der Waals surface area contributed by atoms with Crippen LogP contribution >= 0.6 is 0 Å². The molecule has 2 heterocycles. The lowest BCUT2D eigenvalue weighted by atomic mass is 10.1. The van der Waals surface area contributed by atoms with Crippen LogP contribution in [0.4, 0.5) is 30.4 Å². The van der Waals surface area contributed by atoms with Crippen molar-refractivity contribution in [3.8, 4) is 5.75 Å². The van der Waals surface area contributed by atoms with Crippen molar-refractivity contribution in [3.63, 3.8) is 0 Å². The van der Waals surface area contributed by atoms with Gasteiger partial charge < -0.3 is 20.1 Å². The average molecular weight is 515 g/mol. The van der Waals surface area contributed by atoms with E-state index in [1.807, 2.05) is 0 Å². The first-order valence-corrected chi connectivity index (χ1v) is 11.4. The molecule has 0 radical (unpaired) electrons. The van der Waals surface area contributed by atoms with Gasteiger partial charge in [0.2, 0.25) is 0 Å². The SMILES string of the molecule is C=CC(=O)N(C(=O)[C@@H]1CCCN1)c1cc2c(Nc3ccc(F)c(F)c3F)ncnc2cc1OCCOC. The molecular weight excluding hydrogens is 491 g/mol. The van der Waals surface area contributed by atoms with Crippen LogP contribution in [0.5, 0.6) is 5.75 Å². The van der Waals surface area contributed by atoms with Crippen molar-refractivity contribution in [3.05, 3.63) is 60.7 Å². The molecule has 194 valence electrons. The normalized spacial score (nSPS) is 15.0. The van der Waals surface area contributed by atoms with E-state index in [-0.39, 0.29) is 41.5 Å². The first kappa shape index (κ1) is 26.0. The van der Waals surface area contributed by atoms with E-state index in [9.17, 15) is 22.8 Å². The van der Waals surface area contributed by atoms with Crippen LogP contribution in [0.1, 0.15) is 12.8 Å². The molecule has 0 unspecified atom stereocenters. The van der Waals surface area contributed by atoms with Crippen LogP contribution < -0.4 is 20.3 Å². The maximum Gasteiger partial charge on any atom is 0.257 e. The molecule has 1 saturated heterocycles. The van der Waals surface area contributed by atoms with Gasteiger partial charge in [-0.15, -0.1) is 0 Å². The van der Waals surface area contributed by atoms with E-state index in [0.717, 1.165) is 29.5 Å². The summed E-state index contributed by atoms with van der Waals surface area (Å²) in [6.45, 7) is 4.48. The van der Waals surface area contributed by atoms with Crippen molar-refractivity contribution in [1.82, 2.24) is 15.3 Å². The average Bonchev–Trinajstić information content (AvgIpc) is 3.44. The van der Waals surface area contributed by atoms with Crippen LogP contribution in [0.15, 0.2) is 43.2 Å². The first-order chi connectivity index (χ1) is 17.8. The third-order valence-corrected chi connectivity index (χ3v) is 5.76. The fourth-order valence-corrected chi connectivity index (χ4v) is 3.94. The summed E-state index contributed by atoms with van der Waals surface area (Å²) in [6.07, 6.45) is 3.50. The summed E-state index contributed by atoms with van der Waals surface area (Å²) in [4.78, 5) is 35.6. The van der Waals surface area contributed by atoms with E-state index in [4.69, 9.17) is 9.47 Å². The van der Waals surface area contributed by atoms with Gasteiger partial charge in [0.1, 0.15) is 24.5 Å². The number of imide groups is 1. The Labute approximate surface area is 210 Å². The van der Waals surface area contributed by atoms with Crippen LogP contribution in [0, 0.1) is 17.5 Å². The molecule has 3 aromatic rings. The Kier molecular flexibility index (Phi) is 7.99. The van der Waals surface area contributed by atoms with Crippen molar-refractivity contribution in [1.29, 1.82) is 0 Å². The zero-order valence-electron chi connectivity index (χ0n) is 19.9. The number of methoxy groups -OCH3 is 1. The van der Waals surface area contributed by atoms with E-state index < -0.39 is 35.3 Å². The van der Waals surface area contributed by atoms with Crippen LogP contribution in [0.3, 0.4) is 0 Å². The number of anilines is 3. The summed E-state index contributed by atoms with van der Waals surface area (Å²) in [7, 11) is 1.50. The summed E-state index contributed by atoms with van der Waals surface area (Å²) < 4.78 is 52.4. The quantitative estimate of drug-likeness (QED) is 0.253. The Hall–Kier alpha value is -4.03. The van der Waals surface area contributed by atoms with Gasteiger partial charge in [-0.2, -0.15) is 0 Å². The Bertz CT molecular complexity index is 1350. The molecule has 2 aromatic carbocycles. The molecule has 4 rings (SSSR count). The summed E-state index contributed by atoms with van der Waals surface area (Å²) in [5.74, 6) is -5.42. The number of ether oxygens (including phenoxy) is 2. The number of benzene rings is 2. The van der Waals surface area contributed by atoms with E-state index >= 15 is 0 Å². The summed E-state index contributed by atoms with van der Waals surface area (Å²) >= 11 is 0. The van der Waals surface area contributed by atoms with Crippen molar-refractivity contribution < 1.29 is 32.2 Å². The topological polar surface area (TPSA) is 106 Å². The molecule has 0 bridgehead atoms. The third kappa shape index (κ3) is 5.39. The van der Waals surface area contributed by atoms with Crippen molar-refractivity contribution in [2.24, 2.45) is 0 Å². The molecule has 37 heavy (non-hydrogen) atoms. The maximum atomic E-state index is 14.4. The number of nitrogens with zero attached hydrogens (tertiary/aromatic N) is 3. The van der Waals surface area contributed by atoms with Gasteiger partial charge in [0.25, 0.3) is 11.8 Å². The summed E-state index contributed by atoms with van der Waals surface area (Å²) in [5.41, 5.74) is 0.0241. The predicted molar refractivity (Wildman–Crippen MR) is 130 cm³/mol. The van der Waals surface area contributed by atoms with Crippen molar-refractivity contribution in [2.45, 2.75) is 18.9 Å². The second kappa shape index (κ2) is 11.4. The largest absolute Gasteiger partial charge is 0.489 e. The molecule has 1 aromatic heterocycles. The molecule has 0 saturated carbocycles. The highest BCUT2D eigenvalue weighted by Gasteiger charge is 2.33. The Morgan fingerprint density at radius 3 is 2.73 bits per heavy atom. The molecule has 1 aliphatic rings. The van der Waals surface area contributed by atoms with Crippen LogP contribution in [-0.2, 0) is 14.3 Å². The number of rotatable bonds is 9.